The average Bonchev–Trinajstić information content (AvgIpc) is 2.46. The Bertz CT molecular complexity index is 368. The second-order valence-electron chi connectivity index (χ2n) is 5.20. The topological polar surface area (TPSA) is 20.3 Å². The number of anilines is 1. The highest BCUT2D eigenvalue weighted by atomic mass is 16.2. The van der Waals surface area contributed by atoms with Crippen LogP contribution in [0.5, 0.6) is 0 Å². The Balaban J connectivity index is 2.07. The van der Waals surface area contributed by atoms with E-state index >= 15 is 0 Å². The van der Waals surface area contributed by atoms with Crippen LogP contribution in [-0.4, -0.2) is 12.5 Å². The molecule has 1 aliphatic carbocycles. The van der Waals surface area contributed by atoms with Gasteiger partial charge in [-0.2, -0.15) is 0 Å². The summed E-state index contributed by atoms with van der Waals surface area (Å²) >= 11 is 0. The Kier molecular flexibility index (Phi) is 4.80. The van der Waals surface area contributed by atoms with Crippen molar-refractivity contribution in [2.24, 2.45) is 5.92 Å². The maximum absolute atomic E-state index is 12.1. The monoisotopic (exact) mass is 245 g/mol. The Labute approximate surface area is 110 Å². The lowest BCUT2D eigenvalue weighted by atomic mass is 9.89. The predicted octanol–water partition coefficient (Wildman–Crippen LogP) is 4.01. The van der Waals surface area contributed by atoms with Crippen LogP contribution in [0.15, 0.2) is 30.3 Å². The minimum Gasteiger partial charge on any atom is -0.312 e. The highest BCUT2D eigenvalue weighted by Gasteiger charge is 2.20. The zero-order valence-corrected chi connectivity index (χ0v) is 11.3. The molecule has 0 atom stereocenters. The summed E-state index contributed by atoms with van der Waals surface area (Å²) in [6, 6.07) is 10.1. The van der Waals surface area contributed by atoms with Gasteiger partial charge in [0.2, 0.25) is 5.91 Å². The van der Waals surface area contributed by atoms with Crippen LogP contribution < -0.4 is 4.90 Å². The lowest BCUT2D eigenvalue weighted by Gasteiger charge is -2.29. The van der Waals surface area contributed by atoms with E-state index in [9.17, 15) is 4.79 Å². The summed E-state index contributed by atoms with van der Waals surface area (Å²) in [5.74, 6) is 0.932. The fourth-order valence-corrected chi connectivity index (χ4v) is 2.78. The van der Waals surface area contributed by atoms with Gasteiger partial charge in [-0.25, -0.2) is 0 Å². The molecule has 1 amide bonds. The fourth-order valence-electron chi connectivity index (χ4n) is 2.78. The number of carbonyl (C=O) groups is 1. The highest BCUT2D eigenvalue weighted by Crippen LogP contribution is 2.26. The van der Waals surface area contributed by atoms with Gasteiger partial charge in [0.25, 0.3) is 0 Å². The van der Waals surface area contributed by atoms with E-state index in [0.717, 1.165) is 12.2 Å². The number of nitrogens with zero attached hydrogens (tertiary/aromatic N) is 1. The molecule has 18 heavy (non-hydrogen) atoms. The van der Waals surface area contributed by atoms with Crippen molar-refractivity contribution in [3.05, 3.63) is 30.3 Å². The summed E-state index contributed by atoms with van der Waals surface area (Å²) in [7, 11) is 0. The summed E-state index contributed by atoms with van der Waals surface area (Å²) in [5.41, 5.74) is 1.05. The van der Waals surface area contributed by atoms with Crippen molar-refractivity contribution >= 4 is 11.6 Å². The number of carbonyl (C=O) groups excluding carboxylic acids is 1. The third-order valence-corrected chi connectivity index (χ3v) is 3.84. The van der Waals surface area contributed by atoms with E-state index in [0.29, 0.717) is 12.3 Å². The van der Waals surface area contributed by atoms with Crippen molar-refractivity contribution in [3.8, 4) is 0 Å². The summed E-state index contributed by atoms with van der Waals surface area (Å²) in [4.78, 5) is 14.1. The minimum atomic E-state index is 0.242. The van der Waals surface area contributed by atoms with Gasteiger partial charge in [-0.1, -0.05) is 44.4 Å². The zero-order chi connectivity index (χ0) is 12.8. The maximum Gasteiger partial charge on any atom is 0.226 e. The van der Waals surface area contributed by atoms with E-state index in [1.807, 2.05) is 42.2 Å². The van der Waals surface area contributed by atoms with Gasteiger partial charge in [0.05, 0.1) is 0 Å². The van der Waals surface area contributed by atoms with Crippen LogP contribution in [0.2, 0.25) is 0 Å². The van der Waals surface area contributed by atoms with Gasteiger partial charge >= 0.3 is 0 Å². The Morgan fingerprint density at radius 1 is 1.17 bits per heavy atom. The van der Waals surface area contributed by atoms with Gasteiger partial charge < -0.3 is 4.90 Å². The summed E-state index contributed by atoms with van der Waals surface area (Å²) in [6.45, 7) is 2.84. The van der Waals surface area contributed by atoms with Gasteiger partial charge in [0.1, 0.15) is 0 Å². The minimum absolute atomic E-state index is 0.242. The second-order valence-corrected chi connectivity index (χ2v) is 5.20. The molecule has 98 valence electrons. The van der Waals surface area contributed by atoms with E-state index in [4.69, 9.17) is 0 Å². The van der Waals surface area contributed by atoms with E-state index in [1.54, 1.807) is 0 Å². The molecule has 0 aliphatic heterocycles. The van der Waals surface area contributed by atoms with Crippen molar-refractivity contribution in [2.45, 2.75) is 45.4 Å². The van der Waals surface area contributed by atoms with Gasteiger partial charge in [-0.15, -0.1) is 0 Å². The molecule has 0 N–H and O–H groups in total. The van der Waals surface area contributed by atoms with Crippen LogP contribution >= 0.6 is 0 Å². The van der Waals surface area contributed by atoms with Crippen molar-refractivity contribution in [3.63, 3.8) is 0 Å². The van der Waals surface area contributed by atoms with E-state index in [1.165, 1.54) is 32.1 Å². The molecular formula is C16H23NO. The third-order valence-electron chi connectivity index (χ3n) is 3.84. The van der Waals surface area contributed by atoms with Crippen molar-refractivity contribution < 1.29 is 4.79 Å². The van der Waals surface area contributed by atoms with Crippen molar-refractivity contribution in [2.75, 3.05) is 11.4 Å². The Morgan fingerprint density at radius 3 is 2.44 bits per heavy atom. The fraction of sp³-hybridized carbons (Fsp3) is 0.562. The Hall–Kier alpha value is -1.31. The SMILES string of the molecule is CCC(=O)N(CC1CCCCC1)c1ccccc1. The quantitative estimate of drug-likeness (QED) is 0.785. The van der Waals surface area contributed by atoms with E-state index < -0.39 is 0 Å². The van der Waals surface area contributed by atoms with Crippen LogP contribution in [0.25, 0.3) is 0 Å². The summed E-state index contributed by atoms with van der Waals surface area (Å²) in [5, 5.41) is 0. The molecular weight excluding hydrogens is 222 g/mol. The molecule has 0 saturated heterocycles. The van der Waals surface area contributed by atoms with Gasteiger partial charge in [-0.3, -0.25) is 4.79 Å². The molecule has 1 fully saturated rings. The lowest BCUT2D eigenvalue weighted by molar-refractivity contribution is -0.118. The molecule has 0 radical (unpaired) electrons. The molecule has 2 nitrogen and oxygen atoms in total. The summed E-state index contributed by atoms with van der Waals surface area (Å²) in [6.07, 6.45) is 7.16. The molecule has 1 aromatic carbocycles. The number of amides is 1. The lowest BCUT2D eigenvalue weighted by Crippen LogP contribution is -2.35. The number of rotatable bonds is 4. The van der Waals surface area contributed by atoms with Gasteiger partial charge in [-0.05, 0) is 30.9 Å². The van der Waals surface area contributed by atoms with Crippen molar-refractivity contribution in [1.29, 1.82) is 0 Å². The zero-order valence-electron chi connectivity index (χ0n) is 11.3. The van der Waals surface area contributed by atoms with Gasteiger partial charge in [0, 0.05) is 18.7 Å². The maximum atomic E-state index is 12.1. The highest BCUT2D eigenvalue weighted by molar-refractivity contribution is 5.93. The largest absolute Gasteiger partial charge is 0.312 e. The number of hydrogen-bond acceptors (Lipinski definition) is 1. The normalized spacial score (nSPS) is 16.5. The average molecular weight is 245 g/mol. The second kappa shape index (κ2) is 6.58. The molecule has 0 heterocycles. The first-order valence-electron chi connectivity index (χ1n) is 7.16. The van der Waals surface area contributed by atoms with Gasteiger partial charge in [0.15, 0.2) is 0 Å². The van der Waals surface area contributed by atoms with Crippen LogP contribution in [0.1, 0.15) is 45.4 Å². The Morgan fingerprint density at radius 2 is 1.83 bits per heavy atom. The molecule has 1 aliphatic rings. The first kappa shape index (κ1) is 13.1. The van der Waals surface area contributed by atoms with E-state index in [2.05, 4.69) is 0 Å². The molecule has 0 bridgehead atoms. The third kappa shape index (κ3) is 3.34. The molecule has 0 aromatic heterocycles. The standard InChI is InChI=1S/C16H23NO/c1-2-16(18)17(15-11-7-4-8-12-15)13-14-9-5-3-6-10-14/h4,7-8,11-12,14H,2-3,5-6,9-10,13H2,1H3. The van der Waals surface area contributed by atoms with Crippen LogP contribution in [0.4, 0.5) is 5.69 Å². The molecule has 2 heteroatoms. The summed E-state index contributed by atoms with van der Waals surface area (Å²) < 4.78 is 0. The molecule has 1 saturated carbocycles. The molecule has 0 unspecified atom stereocenters. The molecule has 0 spiro atoms. The number of para-hydroxylation sites is 1. The first-order valence-corrected chi connectivity index (χ1v) is 7.16. The van der Waals surface area contributed by atoms with Crippen LogP contribution in [-0.2, 0) is 4.79 Å². The smallest absolute Gasteiger partial charge is 0.226 e. The van der Waals surface area contributed by atoms with Crippen molar-refractivity contribution in [1.82, 2.24) is 0 Å². The number of hydrogen-bond donors (Lipinski definition) is 0. The van der Waals surface area contributed by atoms with Crippen LogP contribution in [0, 0.1) is 5.92 Å². The van der Waals surface area contributed by atoms with Crippen LogP contribution in [0.3, 0.4) is 0 Å². The number of benzene rings is 1. The molecule has 2 rings (SSSR count). The van der Waals surface area contributed by atoms with E-state index in [-0.39, 0.29) is 5.91 Å². The molecule has 1 aromatic rings. The predicted molar refractivity (Wildman–Crippen MR) is 75.7 cm³/mol. The first-order chi connectivity index (χ1) is 8.81.